The van der Waals surface area contributed by atoms with Crippen molar-refractivity contribution >= 4 is 43.2 Å². The molecule has 1 atom stereocenters. The van der Waals surface area contributed by atoms with Crippen molar-refractivity contribution in [1.29, 1.82) is 0 Å². The maximum Gasteiger partial charge on any atom is 0.0538 e. The third-order valence-corrected chi connectivity index (χ3v) is 11.3. The Morgan fingerprint density at radius 1 is 0.480 bits per heavy atom. The van der Waals surface area contributed by atoms with Crippen LogP contribution in [0.1, 0.15) is 47.7 Å². The van der Waals surface area contributed by atoms with Gasteiger partial charge in [-0.2, -0.15) is 0 Å². The van der Waals surface area contributed by atoms with Gasteiger partial charge in [0.15, 0.2) is 0 Å². The van der Waals surface area contributed by atoms with Crippen LogP contribution in [-0.2, 0) is 11.8 Å². The summed E-state index contributed by atoms with van der Waals surface area (Å²) in [6.45, 7) is 4.77. The summed E-state index contributed by atoms with van der Waals surface area (Å²) in [6, 6.07) is 63.2. The van der Waals surface area contributed by atoms with Crippen molar-refractivity contribution in [2.45, 2.75) is 31.6 Å². The van der Waals surface area contributed by atoms with Crippen LogP contribution in [0.3, 0.4) is 0 Å². The Morgan fingerprint density at radius 3 is 1.76 bits per heavy atom. The maximum absolute atomic E-state index is 2.52. The number of aromatic nitrogens is 1. The van der Waals surface area contributed by atoms with Crippen LogP contribution in [0.2, 0.25) is 0 Å². The molecule has 1 aliphatic carbocycles. The van der Waals surface area contributed by atoms with Crippen molar-refractivity contribution in [1.82, 2.24) is 4.57 Å². The van der Waals surface area contributed by atoms with Crippen LogP contribution >= 0.6 is 0 Å². The van der Waals surface area contributed by atoms with E-state index in [0.717, 1.165) is 6.42 Å². The number of fused-ring (bicyclic) bond motifs is 11. The van der Waals surface area contributed by atoms with E-state index in [0.29, 0.717) is 0 Å². The minimum absolute atomic E-state index is 0.119. The Morgan fingerprint density at radius 2 is 1.06 bits per heavy atom. The fourth-order valence-electron chi connectivity index (χ4n) is 9.04. The summed E-state index contributed by atoms with van der Waals surface area (Å²) >= 11 is 0. The highest BCUT2D eigenvalue weighted by atomic mass is 15.0. The number of para-hydroxylation sites is 1. The average Bonchev–Trinajstić information content (AvgIpc) is 3.64. The van der Waals surface area contributed by atoms with Gasteiger partial charge >= 0.3 is 0 Å². The Bertz CT molecular complexity index is 2710. The fraction of sp³-hybridized carbons (Fsp3) is 0.102. The summed E-state index contributed by atoms with van der Waals surface area (Å²) in [5.74, 6) is 0.205. The van der Waals surface area contributed by atoms with Crippen LogP contribution in [0.5, 0.6) is 0 Å². The highest BCUT2D eigenvalue weighted by molar-refractivity contribution is 6.25. The molecule has 0 spiro atoms. The molecule has 1 aliphatic rings. The minimum atomic E-state index is -0.119. The van der Waals surface area contributed by atoms with Crippen LogP contribution in [0.25, 0.3) is 60.0 Å². The zero-order valence-electron chi connectivity index (χ0n) is 28.4. The van der Waals surface area contributed by atoms with E-state index in [1.54, 1.807) is 0 Å². The predicted octanol–water partition coefficient (Wildman–Crippen LogP) is 12.8. The smallest absolute Gasteiger partial charge is 0.0538 e. The molecule has 1 heterocycles. The molecule has 0 saturated carbocycles. The van der Waals surface area contributed by atoms with Crippen molar-refractivity contribution in [2.24, 2.45) is 0 Å². The summed E-state index contributed by atoms with van der Waals surface area (Å²) in [4.78, 5) is 0. The molecular formula is C49H37N. The van der Waals surface area contributed by atoms with Gasteiger partial charge in [-0.25, -0.2) is 0 Å². The first-order valence-corrected chi connectivity index (χ1v) is 17.8. The standard InChI is InChI=1S/C49H37N/c1-49(2)45-24-14-13-23-41(45)47-44-30-32(25-28-46(44)50(48(47)49)35-17-7-4-8-18-35)29-42(33-15-5-3-6-16-33)34-26-27-40-38-21-10-9-19-36(38)37-20-11-12-22-39(37)43(40)31-34/h3-28,30-31,42H,29H2,1-2H3/t42-/m1/s1. The van der Waals surface area contributed by atoms with Gasteiger partial charge in [-0.05, 0) is 96.9 Å². The molecule has 1 nitrogen and oxygen atoms in total. The molecule has 0 saturated heterocycles. The normalized spacial score (nSPS) is 14.0. The van der Waals surface area contributed by atoms with Gasteiger partial charge in [0.1, 0.15) is 0 Å². The monoisotopic (exact) mass is 639 g/mol. The minimum Gasteiger partial charge on any atom is -0.312 e. The van der Waals surface area contributed by atoms with Crippen LogP contribution in [0.15, 0.2) is 170 Å². The lowest BCUT2D eigenvalue weighted by Crippen LogP contribution is -2.19. The second kappa shape index (κ2) is 11.1. The van der Waals surface area contributed by atoms with Crippen LogP contribution in [-0.4, -0.2) is 4.57 Å². The van der Waals surface area contributed by atoms with Gasteiger partial charge in [0.05, 0.1) is 5.52 Å². The molecule has 0 bridgehead atoms. The maximum atomic E-state index is 2.52. The predicted molar refractivity (Wildman–Crippen MR) is 212 cm³/mol. The lowest BCUT2D eigenvalue weighted by atomic mass is 9.83. The largest absolute Gasteiger partial charge is 0.312 e. The Kier molecular flexibility index (Phi) is 6.42. The lowest BCUT2D eigenvalue weighted by molar-refractivity contribution is 0.624. The Hall–Kier alpha value is -5.92. The van der Waals surface area contributed by atoms with Gasteiger partial charge in [-0.3, -0.25) is 0 Å². The second-order valence-corrected chi connectivity index (χ2v) is 14.5. The van der Waals surface area contributed by atoms with Gasteiger partial charge in [0, 0.05) is 33.7 Å². The topological polar surface area (TPSA) is 4.93 Å². The summed E-state index contributed by atoms with van der Waals surface area (Å²) in [6.07, 6.45) is 0.910. The molecule has 50 heavy (non-hydrogen) atoms. The van der Waals surface area contributed by atoms with E-state index in [4.69, 9.17) is 0 Å². The summed E-state index contributed by atoms with van der Waals surface area (Å²) in [5.41, 5.74) is 11.9. The third kappa shape index (κ3) is 4.26. The average molecular weight is 640 g/mol. The van der Waals surface area contributed by atoms with E-state index in [1.807, 2.05) is 0 Å². The van der Waals surface area contributed by atoms with Gasteiger partial charge in [-0.15, -0.1) is 0 Å². The molecule has 10 rings (SSSR count). The molecule has 8 aromatic carbocycles. The zero-order valence-corrected chi connectivity index (χ0v) is 28.4. The first-order valence-electron chi connectivity index (χ1n) is 17.8. The number of hydrogen-bond acceptors (Lipinski definition) is 0. The van der Waals surface area contributed by atoms with E-state index < -0.39 is 0 Å². The molecule has 1 aromatic heterocycles. The van der Waals surface area contributed by atoms with E-state index in [9.17, 15) is 0 Å². The van der Waals surface area contributed by atoms with Gasteiger partial charge in [0.25, 0.3) is 0 Å². The summed E-state index contributed by atoms with van der Waals surface area (Å²) < 4.78 is 2.52. The number of nitrogens with zero attached hydrogens (tertiary/aromatic N) is 1. The SMILES string of the molecule is CC1(C)c2ccccc2-c2c1n(-c1ccccc1)c1ccc(C[C@H](c3ccccc3)c3ccc4c5ccccc5c5ccccc5c4c3)cc21. The van der Waals surface area contributed by atoms with E-state index in [-0.39, 0.29) is 11.3 Å². The zero-order chi connectivity index (χ0) is 33.4. The van der Waals surface area contributed by atoms with Gasteiger partial charge in [0.2, 0.25) is 0 Å². The highest BCUT2D eigenvalue weighted by Gasteiger charge is 2.40. The Balaban J connectivity index is 1.17. The molecule has 0 unspecified atom stereocenters. The molecule has 0 aliphatic heterocycles. The summed E-state index contributed by atoms with van der Waals surface area (Å²) in [5, 5.41) is 9.23. The van der Waals surface area contributed by atoms with Crippen molar-refractivity contribution in [3.8, 4) is 16.8 Å². The molecule has 0 radical (unpaired) electrons. The molecule has 1 heteroatoms. The van der Waals surface area contributed by atoms with E-state index in [2.05, 4.69) is 188 Å². The van der Waals surface area contributed by atoms with Crippen LogP contribution < -0.4 is 0 Å². The van der Waals surface area contributed by atoms with E-state index in [1.165, 1.54) is 88.0 Å². The van der Waals surface area contributed by atoms with Gasteiger partial charge < -0.3 is 4.57 Å². The van der Waals surface area contributed by atoms with Crippen LogP contribution in [0.4, 0.5) is 0 Å². The lowest BCUT2D eigenvalue weighted by Gasteiger charge is -2.24. The molecular weight excluding hydrogens is 603 g/mol. The van der Waals surface area contributed by atoms with Crippen molar-refractivity contribution in [2.75, 3.05) is 0 Å². The molecule has 9 aromatic rings. The highest BCUT2D eigenvalue weighted by Crippen LogP contribution is 2.53. The van der Waals surface area contributed by atoms with Crippen molar-refractivity contribution in [3.63, 3.8) is 0 Å². The molecule has 0 amide bonds. The van der Waals surface area contributed by atoms with Crippen molar-refractivity contribution < 1.29 is 0 Å². The number of benzene rings is 8. The fourth-order valence-corrected chi connectivity index (χ4v) is 9.04. The molecule has 0 N–H and O–H groups in total. The van der Waals surface area contributed by atoms with Crippen LogP contribution in [0, 0.1) is 0 Å². The Labute approximate surface area is 293 Å². The second-order valence-electron chi connectivity index (χ2n) is 14.5. The van der Waals surface area contributed by atoms with Crippen molar-refractivity contribution in [3.05, 3.63) is 198 Å². The molecule has 0 fully saturated rings. The first kappa shape index (κ1) is 29.0. The quantitative estimate of drug-likeness (QED) is 0.165. The van der Waals surface area contributed by atoms with E-state index >= 15 is 0 Å². The van der Waals surface area contributed by atoms with Gasteiger partial charge in [-0.1, -0.05) is 153 Å². The number of rotatable bonds is 5. The third-order valence-electron chi connectivity index (χ3n) is 11.3. The first-order chi connectivity index (χ1) is 24.6. The molecule has 238 valence electrons. The summed E-state index contributed by atoms with van der Waals surface area (Å²) in [7, 11) is 0. The number of hydrogen-bond donors (Lipinski definition) is 0.